The third-order valence-corrected chi connectivity index (χ3v) is 4.51. The highest BCUT2D eigenvalue weighted by atomic mass is 16.6. The van der Waals surface area contributed by atoms with Gasteiger partial charge < -0.3 is 10.6 Å². The molecule has 0 atom stereocenters. The number of benzene rings is 1. The fraction of sp³-hybridized carbons (Fsp3) is 0.438. The first-order chi connectivity index (χ1) is 11.0. The lowest BCUT2D eigenvalue weighted by atomic mass is 10.1. The molecule has 0 fully saturated rings. The van der Waals surface area contributed by atoms with Gasteiger partial charge in [0.25, 0.3) is 5.69 Å². The molecule has 0 amide bonds. The highest BCUT2D eigenvalue weighted by Gasteiger charge is 2.23. The summed E-state index contributed by atoms with van der Waals surface area (Å²) in [6, 6.07) is 3.36. The van der Waals surface area contributed by atoms with Crippen molar-refractivity contribution in [1.82, 2.24) is 9.78 Å². The largest absolute Gasteiger partial charge is 0.384 e. The molecule has 1 aliphatic heterocycles. The topological polar surface area (TPSA) is 85.0 Å². The number of anilines is 2. The Labute approximate surface area is 134 Å². The fourth-order valence-electron chi connectivity index (χ4n) is 3.22. The minimum absolute atomic E-state index is 0.145. The van der Waals surface area contributed by atoms with Crippen LogP contribution in [0.4, 0.5) is 17.1 Å². The molecule has 23 heavy (non-hydrogen) atoms. The van der Waals surface area contributed by atoms with E-state index < -0.39 is 0 Å². The van der Waals surface area contributed by atoms with Gasteiger partial charge in [0.05, 0.1) is 10.6 Å². The summed E-state index contributed by atoms with van der Waals surface area (Å²) in [6.07, 6.45) is 1.60. The number of nitro groups is 1. The van der Waals surface area contributed by atoms with E-state index in [1.54, 1.807) is 12.1 Å². The molecular formula is C16H21N5O2. The van der Waals surface area contributed by atoms with Gasteiger partial charge in [-0.1, -0.05) is 0 Å². The van der Waals surface area contributed by atoms with Crippen LogP contribution >= 0.6 is 0 Å². The highest BCUT2D eigenvalue weighted by molar-refractivity contribution is 5.77. The molecule has 2 N–H and O–H groups in total. The van der Waals surface area contributed by atoms with E-state index in [4.69, 9.17) is 0 Å². The highest BCUT2D eigenvalue weighted by Crippen LogP contribution is 2.36. The summed E-state index contributed by atoms with van der Waals surface area (Å²) in [5, 5.41) is 22.3. The number of nitrogens with zero attached hydrogens (tertiary/aromatic N) is 3. The van der Waals surface area contributed by atoms with Crippen LogP contribution in [0.25, 0.3) is 0 Å². The van der Waals surface area contributed by atoms with Gasteiger partial charge in [-0.25, -0.2) is 0 Å². The van der Waals surface area contributed by atoms with Gasteiger partial charge in [-0.15, -0.1) is 0 Å². The van der Waals surface area contributed by atoms with E-state index in [-0.39, 0.29) is 10.6 Å². The first kappa shape index (κ1) is 15.3. The Morgan fingerprint density at radius 1 is 1.43 bits per heavy atom. The predicted molar refractivity (Wildman–Crippen MR) is 90.2 cm³/mol. The predicted octanol–water partition coefficient (Wildman–Crippen LogP) is 2.57. The number of aromatic nitrogens is 2. The van der Waals surface area contributed by atoms with Gasteiger partial charge in [0, 0.05) is 43.1 Å². The lowest BCUT2D eigenvalue weighted by Gasteiger charge is -2.12. The Balaban J connectivity index is 1.80. The van der Waals surface area contributed by atoms with Crippen LogP contribution in [0.15, 0.2) is 12.1 Å². The van der Waals surface area contributed by atoms with Gasteiger partial charge >= 0.3 is 0 Å². The van der Waals surface area contributed by atoms with Crippen molar-refractivity contribution in [2.24, 2.45) is 7.05 Å². The van der Waals surface area contributed by atoms with Crippen LogP contribution in [0.5, 0.6) is 0 Å². The van der Waals surface area contributed by atoms with E-state index in [2.05, 4.69) is 15.7 Å². The molecule has 1 aromatic heterocycles. The van der Waals surface area contributed by atoms with E-state index in [0.717, 1.165) is 42.0 Å². The number of nitro benzene ring substituents is 1. The van der Waals surface area contributed by atoms with E-state index in [1.165, 1.54) is 5.56 Å². The minimum atomic E-state index is -0.318. The monoisotopic (exact) mass is 315 g/mol. The number of fused-ring (bicyclic) bond motifs is 1. The van der Waals surface area contributed by atoms with Gasteiger partial charge in [0.2, 0.25) is 0 Å². The molecule has 7 heteroatoms. The Morgan fingerprint density at radius 3 is 2.87 bits per heavy atom. The summed E-state index contributed by atoms with van der Waals surface area (Å²) in [4.78, 5) is 11.0. The number of aryl methyl sites for hydroxylation is 2. The second kappa shape index (κ2) is 5.91. The van der Waals surface area contributed by atoms with Crippen molar-refractivity contribution in [3.05, 3.63) is 44.8 Å². The normalized spacial score (nSPS) is 12.8. The Bertz CT molecular complexity index is 766. The van der Waals surface area contributed by atoms with Gasteiger partial charge in [-0.05, 0) is 38.3 Å². The smallest absolute Gasteiger partial charge is 0.292 e. The maximum Gasteiger partial charge on any atom is 0.292 e. The van der Waals surface area contributed by atoms with Crippen molar-refractivity contribution in [2.75, 3.05) is 23.7 Å². The fourth-order valence-corrected chi connectivity index (χ4v) is 3.22. The van der Waals surface area contributed by atoms with Crippen LogP contribution < -0.4 is 10.6 Å². The summed E-state index contributed by atoms with van der Waals surface area (Å²) in [7, 11) is 1.93. The molecule has 0 radical (unpaired) electrons. The van der Waals surface area contributed by atoms with Crippen molar-refractivity contribution < 1.29 is 4.92 Å². The van der Waals surface area contributed by atoms with Crippen LogP contribution in [-0.2, 0) is 19.9 Å². The Kier molecular flexibility index (Phi) is 3.94. The molecule has 0 spiro atoms. The Hall–Kier alpha value is -2.57. The van der Waals surface area contributed by atoms with Crippen molar-refractivity contribution >= 4 is 17.1 Å². The average Bonchev–Trinajstić information content (AvgIpc) is 3.07. The first-order valence-electron chi connectivity index (χ1n) is 7.76. The van der Waals surface area contributed by atoms with Crippen LogP contribution in [0, 0.1) is 24.0 Å². The number of nitrogens with one attached hydrogen (secondary N) is 2. The van der Waals surface area contributed by atoms with Crippen molar-refractivity contribution in [3.8, 4) is 0 Å². The van der Waals surface area contributed by atoms with Crippen LogP contribution in [0.3, 0.4) is 0 Å². The first-order valence-corrected chi connectivity index (χ1v) is 7.76. The van der Waals surface area contributed by atoms with Crippen LogP contribution in [0.2, 0.25) is 0 Å². The maximum absolute atomic E-state index is 11.3. The lowest BCUT2D eigenvalue weighted by Crippen LogP contribution is -2.10. The summed E-state index contributed by atoms with van der Waals surface area (Å²) in [5.41, 5.74) is 6.16. The third-order valence-electron chi connectivity index (χ3n) is 4.51. The molecule has 1 aromatic carbocycles. The van der Waals surface area contributed by atoms with E-state index in [1.807, 2.05) is 25.6 Å². The zero-order valence-corrected chi connectivity index (χ0v) is 13.6. The van der Waals surface area contributed by atoms with Crippen LogP contribution in [0.1, 0.15) is 22.5 Å². The molecule has 2 heterocycles. The second-order valence-corrected chi connectivity index (χ2v) is 5.87. The SMILES string of the molecule is Cc1nn(C)c(C)c1CCNc1c([N+](=O)[O-])ccc2c1CCN2. The van der Waals surface area contributed by atoms with Crippen molar-refractivity contribution in [1.29, 1.82) is 0 Å². The van der Waals surface area contributed by atoms with E-state index in [0.29, 0.717) is 12.2 Å². The van der Waals surface area contributed by atoms with Gasteiger partial charge in [-0.3, -0.25) is 14.8 Å². The van der Waals surface area contributed by atoms with Gasteiger partial charge in [0.15, 0.2) is 0 Å². The maximum atomic E-state index is 11.3. The summed E-state index contributed by atoms with van der Waals surface area (Å²) in [5.74, 6) is 0. The van der Waals surface area contributed by atoms with E-state index >= 15 is 0 Å². The summed E-state index contributed by atoms with van der Waals surface area (Å²) >= 11 is 0. The van der Waals surface area contributed by atoms with Crippen LogP contribution in [-0.4, -0.2) is 27.8 Å². The molecule has 7 nitrogen and oxygen atoms in total. The molecule has 1 aliphatic rings. The molecule has 3 rings (SSSR count). The second-order valence-electron chi connectivity index (χ2n) is 5.87. The molecule has 2 aromatic rings. The molecular weight excluding hydrogens is 294 g/mol. The standard InChI is InChI=1S/C16H21N5O2/c1-10-12(11(2)20(3)19-10)6-9-18-16-13-7-8-17-14(13)4-5-15(16)21(22)23/h4-5,17-18H,6-9H2,1-3H3. The quantitative estimate of drug-likeness (QED) is 0.654. The minimum Gasteiger partial charge on any atom is -0.384 e. The van der Waals surface area contributed by atoms with E-state index in [9.17, 15) is 10.1 Å². The van der Waals surface area contributed by atoms with Gasteiger partial charge in [0.1, 0.15) is 5.69 Å². The molecule has 122 valence electrons. The lowest BCUT2D eigenvalue weighted by molar-refractivity contribution is -0.384. The number of rotatable bonds is 5. The number of hydrogen-bond donors (Lipinski definition) is 2. The molecule has 0 unspecified atom stereocenters. The van der Waals surface area contributed by atoms with Gasteiger partial charge in [-0.2, -0.15) is 5.10 Å². The molecule has 0 saturated heterocycles. The summed E-state index contributed by atoms with van der Waals surface area (Å²) < 4.78 is 1.87. The molecule has 0 aliphatic carbocycles. The average molecular weight is 315 g/mol. The summed E-state index contributed by atoms with van der Waals surface area (Å²) in [6.45, 7) is 5.51. The molecule has 0 saturated carbocycles. The third kappa shape index (κ3) is 2.74. The van der Waals surface area contributed by atoms with Crippen molar-refractivity contribution in [2.45, 2.75) is 26.7 Å². The zero-order valence-electron chi connectivity index (χ0n) is 13.6. The Morgan fingerprint density at radius 2 is 2.22 bits per heavy atom. The zero-order chi connectivity index (χ0) is 16.6. The molecule has 0 bridgehead atoms. The van der Waals surface area contributed by atoms with Crippen molar-refractivity contribution in [3.63, 3.8) is 0 Å². The number of hydrogen-bond acceptors (Lipinski definition) is 5.